The number of nitrogens with one attached hydrogen (secondary N) is 2. The minimum Gasteiger partial charge on any atom is -0.444 e. The van der Waals surface area contributed by atoms with Gasteiger partial charge in [0, 0.05) is 13.1 Å². The van der Waals surface area contributed by atoms with E-state index in [1.807, 2.05) is 37.3 Å². The summed E-state index contributed by atoms with van der Waals surface area (Å²) >= 11 is 0. The van der Waals surface area contributed by atoms with Crippen LogP contribution >= 0.6 is 0 Å². The summed E-state index contributed by atoms with van der Waals surface area (Å²) in [6, 6.07) is 9.37. The topological polar surface area (TPSA) is 67.4 Å². The summed E-state index contributed by atoms with van der Waals surface area (Å²) in [4.78, 5) is 23.8. The third kappa shape index (κ3) is 6.29. The summed E-state index contributed by atoms with van der Waals surface area (Å²) in [5, 5.41) is 5.44. The van der Waals surface area contributed by atoms with Crippen molar-refractivity contribution >= 4 is 12.0 Å². The van der Waals surface area contributed by atoms with Crippen LogP contribution in [-0.2, 0) is 9.53 Å². The van der Waals surface area contributed by atoms with E-state index in [-0.39, 0.29) is 12.5 Å². The molecule has 1 aromatic carbocycles. The molecular weight excluding hydrogens is 268 g/mol. The van der Waals surface area contributed by atoms with Gasteiger partial charge in [-0.05, 0) is 33.3 Å². The first kappa shape index (κ1) is 17.0. The highest BCUT2D eigenvalue weighted by atomic mass is 16.6. The third-order valence-electron chi connectivity index (χ3n) is 2.72. The molecule has 2 N–H and O–H groups in total. The minimum absolute atomic E-state index is 0.111. The van der Waals surface area contributed by atoms with Gasteiger partial charge in [-0.25, -0.2) is 4.79 Å². The lowest BCUT2D eigenvalue weighted by Gasteiger charge is -2.22. The zero-order valence-corrected chi connectivity index (χ0v) is 13.1. The molecular formula is C16H24N2O3. The molecule has 116 valence electrons. The molecule has 21 heavy (non-hydrogen) atoms. The van der Waals surface area contributed by atoms with E-state index in [2.05, 4.69) is 10.6 Å². The number of hydrogen-bond donors (Lipinski definition) is 2. The maximum atomic E-state index is 12.1. The molecule has 0 radical (unpaired) electrons. The second-order valence-corrected chi connectivity index (χ2v) is 5.74. The SMILES string of the molecule is CCNC(=O)C(CNC(=O)OC(C)(C)C)c1ccccc1. The lowest BCUT2D eigenvalue weighted by atomic mass is 9.98. The van der Waals surface area contributed by atoms with Crippen LogP contribution in [0.15, 0.2) is 30.3 Å². The first-order chi connectivity index (χ1) is 9.83. The second kappa shape index (κ2) is 7.67. The van der Waals surface area contributed by atoms with Crippen LogP contribution in [0.4, 0.5) is 4.79 Å². The summed E-state index contributed by atoms with van der Waals surface area (Å²) < 4.78 is 5.18. The van der Waals surface area contributed by atoms with Crippen LogP contribution in [0.1, 0.15) is 39.2 Å². The Bertz CT molecular complexity index is 466. The number of carbonyl (C=O) groups is 2. The van der Waals surface area contributed by atoms with E-state index in [1.54, 1.807) is 20.8 Å². The number of alkyl carbamates (subject to hydrolysis) is 1. The molecule has 5 nitrogen and oxygen atoms in total. The zero-order chi connectivity index (χ0) is 15.9. The summed E-state index contributed by atoms with van der Waals surface area (Å²) in [5.74, 6) is -0.543. The standard InChI is InChI=1S/C16H24N2O3/c1-5-17-14(19)13(12-9-7-6-8-10-12)11-18-15(20)21-16(2,3)4/h6-10,13H,5,11H2,1-4H3,(H,17,19)(H,18,20). The lowest BCUT2D eigenvalue weighted by Crippen LogP contribution is -2.39. The van der Waals surface area contributed by atoms with Gasteiger partial charge >= 0.3 is 6.09 Å². The van der Waals surface area contributed by atoms with Gasteiger partial charge in [0.05, 0.1) is 5.92 Å². The number of ether oxygens (including phenoxy) is 1. The number of hydrogen-bond acceptors (Lipinski definition) is 3. The summed E-state index contributed by atoms with van der Waals surface area (Å²) in [6.45, 7) is 8.00. The van der Waals surface area contributed by atoms with Crippen molar-refractivity contribution in [1.82, 2.24) is 10.6 Å². The van der Waals surface area contributed by atoms with Crippen molar-refractivity contribution < 1.29 is 14.3 Å². The molecule has 1 atom stereocenters. The predicted molar refractivity (Wildman–Crippen MR) is 82.1 cm³/mol. The first-order valence-electron chi connectivity index (χ1n) is 7.13. The molecule has 1 rings (SSSR count). The quantitative estimate of drug-likeness (QED) is 0.876. The average Bonchev–Trinajstić information content (AvgIpc) is 2.38. The molecule has 0 fully saturated rings. The van der Waals surface area contributed by atoms with E-state index in [0.29, 0.717) is 6.54 Å². The Kier molecular flexibility index (Phi) is 6.21. The normalized spacial score (nSPS) is 12.4. The van der Waals surface area contributed by atoms with E-state index >= 15 is 0 Å². The van der Waals surface area contributed by atoms with Gasteiger partial charge in [0.15, 0.2) is 0 Å². The van der Waals surface area contributed by atoms with Gasteiger partial charge in [-0.15, -0.1) is 0 Å². The van der Waals surface area contributed by atoms with Gasteiger partial charge in [-0.1, -0.05) is 30.3 Å². The molecule has 1 aromatic rings. The average molecular weight is 292 g/mol. The maximum absolute atomic E-state index is 12.1. The molecule has 5 heteroatoms. The van der Waals surface area contributed by atoms with Crippen LogP contribution in [0, 0.1) is 0 Å². The first-order valence-corrected chi connectivity index (χ1v) is 7.13. The molecule has 0 saturated carbocycles. The highest BCUT2D eigenvalue weighted by Crippen LogP contribution is 2.15. The van der Waals surface area contributed by atoms with Crippen LogP contribution in [0.5, 0.6) is 0 Å². The summed E-state index contributed by atoms with van der Waals surface area (Å²) in [5.41, 5.74) is 0.303. The van der Waals surface area contributed by atoms with Crippen molar-refractivity contribution in [1.29, 1.82) is 0 Å². The van der Waals surface area contributed by atoms with E-state index in [0.717, 1.165) is 5.56 Å². The fourth-order valence-corrected chi connectivity index (χ4v) is 1.84. The van der Waals surface area contributed by atoms with Crippen molar-refractivity contribution in [2.24, 2.45) is 0 Å². The largest absolute Gasteiger partial charge is 0.444 e. The van der Waals surface area contributed by atoms with E-state index in [9.17, 15) is 9.59 Å². The molecule has 0 heterocycles. The van der Waals surface area contributed by atoms with Crippen molar-refractivity contribution in [3.8, 4) is 0 Å². The fraction of sp³-hybridized carbons (Fsp3) is 0.500. The Morgan fingerprint density at radius 1 is 1.14 bits per heavy atom. The van der Waals surface area contributed by atoms with Gasteiger partial charge in [-0.3, -0.25) is 4.79 Å². The molecule has 0 aromatic heterocycles. The highest BCUT2D eigenvalue weighted by molar-refractivity contribution is 5.84. The van der Waals surface area contributed by atoms with Crippen LogP contribution in [-0.4, -0.2) is 30.7 Å². The smallest absolute Gasteiger partial charge is 0.407 e. The van der Waals surface area contributed by atoms with Gasteiger partial charge < -0.3 is 15.4 Å². The minimum atomic E-state index is -0.558. The van der Waals surface area contributed by atoms with Gasteiger partial charge in [0.2, 0.25) is 5.91 Å². The molecule has 0 aliphatic heterocycles. The monoisotopic (exact) mass is 292 g/mol. The number of amides is 2. The van der Waals surface area contributed by atoms with Crippen LogP contribution < -0.4 is 10.6 Å². The maximum Gasteiger partial charge on any atom is 0.407 e. The molecule has 0 aliphatic rings. The molecule has 0 saturated heterocycles. The van der Waals surface area contributed by atoms with Crippen molar-refractivity contribution in [3.05, 3.63) is 35.9 Å². The molecule has 0 spiro atoms. The number of likely N-dealkylation sites (N-methyl/N-ethyl adjacent to an activating group) is 1. The Morgan fingerprint density at radius 2 is 1.76 bits per heavy atom. The van der Waals surface area contributed by atoms with Crippen LogP contribution in [0.3, 0.4) is 0 Å². The van der Waals surface area contributed by atoms with Gasteiger partial charge in [0.1, 0.15) is 5.60 Å². The highest BCUT2D eigenvalue weighted by Gasteiger charge is 2.22. The second-order valence-electron chi connectivity index (χ2n) is 5.74. The Hall–Kier alpha value is -2.04. The Balaban J connectivity index is 2.71. The number of carbonyl (C=O) groups excluding carboxylic acids is 2. The van der Waals surface area contributed by atoms with Gasteiger partial charge in [-0.2, -0.15) is 0 Å². The summed E-state index contributed by atoms with van der Waals surface area (Å²) in [6.07, 6.45) is -0.521. The van der Waals surface area contributed by atoms with E-state index < -0.39 is 17.6 Å². The molecule has 1 unspecified atom stereocenters. The van der Waals surface area contributed by atoms with Crippen molar-refractivity contribution in [2.45, 2.75) is 39.2 Å². The van der Waals surface area contributed by atoms with E-state index in [4.69, 9.17) is 4.74 Å². The Labute approximate surface area is 126 Å². The Morgan fingerprint density at radius 3 is 2.29 bits per heavy atom. The molecule has 0 aliphatic carbocycles. The number of rotatable bonds is 5. The number of benzene rings is 1. The van der Waals surface area contributed by atoms with Crippen molar-refractivity contribution in [3.63, 3.8) is 0 Å². The predicted octanol–water partition coefficient (Wildman–Crippen LogP) is 2.43. The third-order valence-corrected chi connectivity index (χ3v) is 2.72. The molecule has 0 bridgehead atoms. The lowest BCUT2D eigenvalue weighted by molar-refractivity contribution is -0.122. The van der Waals surface area contributed by atoms with E-state index in [1.165, 1.54) is 0 Å². The van der Waals surface area contributed by atoms with Crippen LogP contribution in [0.2, 0.25) is 0 Å². The van der Waals surface area contributed by atoms with Crippen molar-refractivity contribution in [2.75, 3.05) is 13.1 Å². The summed E-state index contributed by atoms with van der Waals surface area (Å²) in [7, 11) is 0. The van der Waals surface area contributed by atoms with Crippen LogP contribution in [0.25, 0.3) is 0 Å². The molecule has 2 amide bonds. The zero-order valence-electron chi connectivity index (χ0n) is 13.1. The fourth-order valence-electron chi connectivity index (χ4n) is 1.84. The van der Waals surface area contributed by atoms with Gasteiger partial charge in [0.25, 0.3) is 0 Å².